The zero-order valence-electron chi connectivity index (χ0n) is 13.9. The molecule has 1 aromatic carbocycles. The third-order valence-electron chi connectivity index (χ3n) is 4.11. The highest BCUT2D eigenvalue weighted by Crippen LogP contribution is 2.29. The normalized spacial score (nSPS) is 14.5. The van der Waals surface area contributed by atoms with Crippen molar-refractivity contribution in [3.8, 4) is 0 Å². The van der Waals surface area contributed by atoms with Crippen LogP contribution in [0, 0.1) is 13.8 Å². The Bertz CT molecular complexity index is 763. The Balaban J connectivity index is 1.82. The number of nitrogens with one attached hydrogen (secondary N) is 2. The van der Waals surface area contributed by atoms with Gasteiger partial charge in [-0.2, -0.15) is 0 Å². The third kappa shape index (κ3) is 3.49. The fourth-order valence-electron chi connectivity index (χ4n) is 2.80. The van der Waals surface area contributed by atoms with E-state index in [1.165, 1.54) is 11.3 Å². The van der Waals surface area contributed by atoms with Crippen molar-refractivity contribution in [3.05, 3.63) is 51.9 Å². The Morgan fingerprint density at radius 1 is 1.12 bits per heavy atom. The summed E-state index contributed by atoms with van der Waals surface area (Å²) in [5.74, 6) is -0.190. The van der Waals surface area contributed by atoms with E-state index < -0.39 is 0 Å². The van der Waals surface area contributed by atoms with E-state index in [4.69, 9.17) is 0 Å². The minimum atomic E-state index is -0.177. The van der Waals surface area contributed by atoms with Crippen molar-refractivity contribution in [3.63, 3.8) is 0 Å². The van der Waals surface area contributed by atoms with E-state index in [0.29, 0.717) is 29.2 Å². The van der Waals surface area contributed by atoms with E-state index in [1.54, 1.807) is 6.07 Å². The fourth-order valence-corrected chi connectivity index (χ4v) is 3.70. The molecule has 0 spiro atoms. The predicted octanol–water partition coefficient (Wildman–Crippen LogP) is 2.66. The maximum absolute atomic E-state index is 12.8. The number of piperazine rings is 1. The summed E-state index contributed by atoms with van der Waals surface area (Å²) < 4.78 is 0. The van der Waals surface area contributed by atoms with Crippen molar-refractivity contribution in [1.29, 1.82) is 0 Å². The number of aryl methyl sites for hydroxylation is 2. The summed E-state index contributed by atoms with van der Waals surface area (Å²) in [7, 11) is 0. The number of carbonyl (C=O) groups is 2. The molecule has 1 aliphatic rings. The van der Waals surface area contributed by atoms with Gasteiger partial charge in [0.1, 0.15) is 5.00 Å². The summed E-state index contributed by atoms with van der Waals surface area (Å²) >= 11 is 1.44. The molecule has 6 heteroatoms. The lowest BCUT2D eigenvalue weighted by Crippen LogP contribution is -2.46. The van der Waals surface area contributed by atoms with Gasteiger partial charge in [0, 0.05) is 36.6 Å². The van der Waals surface area contributed by atoms with Crippen LogP contribution in [0.5, 0.6) is 0 Å². The van der Waals surface area contributed by atoms with Crippen LogP contribution < -0.4 is 10.6 Å². The molecule has 1 aromatic heterocycles. The molecule has 2 heterocycles. The van der Waals surface area contributed by atoms with Gasteiger partial charge in [0.05, 0.1) is 5.56 Å². The van der Waals surface area contributed by atoms with Crippen LogP contribution in [0.2, 0.25) is 0 Å². The van der Waals surface area contributed by atoms with Crippen molar-refractivity contribution in [2.75, 3.05) is 31.5 Å². The van der Waals surface area contributed by atoms with E-state index in [0.717, 1.165) is 23.5 Å². The van der Waals surface area contributed by atoms with Crippen LogP contribution >= 0.6 is 11.3 Å². The Hall–Kier alpha value is -2.18. The number of amides is 2. The number of hydrogen-bond donors (Lipinski definition) is 2. The number of thiophene rings is 1. The lowest BCUT2D eigenvalue weighted by atomic mass is 10.1. The molecule has 0 atom stereocenters. The predicted molar refractivity (Wildman–Crippen MR) is 97.0 cm³/mol. The number of anilines is 1. The molecule has 0 unspecified atom stereocenters. The quantitative estimate of drug-likeness (QED) is 0.901. The molecule has 2 aromatic rings. The van der Waals surface area contributed by atoms with Gasteiger partial charge < -0.3 is 15.5 Å². The average Bonchev–Trinajstić information content (AvgIpc) is 2.95. The topological polar surface area (TPSA) is 61.4 Å². The molecule has 2 N–H and O–H groups in total. The van der Waals surface area contributed by atoms with Gasteiger partial charge in [0.15, 0.2) is 0 Å². The first-order chi connectivity index (χ1) is 11.6. The maximum Gasteiger partial charge on any atom is 0.256 e. The van der Waals surface area contributed by atoms with Crippen LogP contribution in [0.25, 0.3) is 0 Å². The van der Waals surface area contributed by atoms with Crippen LogP contribution in [0.1, 0.15) is 31.2 Å². The van der Waals surface area contributed by atoms with Gasteiger partial charge in [0.25, 0.3) is 11.8 Å². The van der Waals surface area contributed by atoms with Gasteiger partial charge in [-0.1, -0.05) is 18.2 Å². The number of rotatable bonds is 3. The summed E-state index contributed by atoms with van der Waals surface area (Å²) in [4.78, 5) is 28.2. The lowest BCUT2D eigenvalue weighted by Gasteiger charge is -2.27. The summed E-state index contributed by atoms with van der Waals surface area (Å²) in [6, 6.07) is 9.31. The second kappa shape index (κ2) is 7.15. The van der Waals surface area contributed by atoms with E-state index >= 15 is 0 Å². The molecule has 0 saturated carbocycles. The minimum absolute atomic E-state index is 0.0130. The zero-order valence-corrected chi connectivity index (χ0v) is 14.7. The first-order valence-electron chi connectivity index (χ1n) is 8.03. The molecule has 2 amide bonds. The second-order valence-corrected chi connectivity index (χ2v) is 7.17. The standard InChI is InChI=1S/C18H21N3O2S/c1-12-5-3-4-6-14(12)16(22)20-17-15(11-13(2)24-17)18(23)21-9-7-19-8-10-21/h3-6,11,19H,7-10H2,1-2H3,(H,20,22). The molecule has 3 rings (SSSR count). The average molecular weight is 343 g/mol. The number of benzene rings is 1. The van der Waals surface area contributed by atoms with Crippen LogP contribution in [0.15, 0.2) is 30.3 Å². The van der Waals surface area contributed by atoms with Crippen LogP contribution in [0.3, 0.4) is 0 Å². The summed E-state index contributed by atoms with van der Waals surface area (Å²) in [5.41, 5.74) is 2.13. The zero-order chi connectivity index (χ0) is 17.1. The SMILES string of the molecule is Cc1cc(C(=O)N2CCNCC2)c(NC(=O)c2ccccc2C)s1. The molecule has 126 valence electrons. The Kier molecular flexibility index (Phi) is 4.97. The molecule has 0 aliphatic carbocycles. The minimum Gasteiger partial charge on any atom is -0.336 e. The van der Waals surface area contributed by atoms with E-state index in [9.17, 15) is 9.59 Å². The highest BCUT2D eigenvalue weighted by Gasteiger charge is 2.23. The molecular formula is C18H21N3O2S. The number of hydrogen-bond acceptors (Lipinski definition) is 4. The highest BCUT2D eigenvalue weighted by molar-refractivity contribution is 7.16. The summed E-state index contributed by atoms with van der Waals surface area (Å²) in [6.07, 6.45) is 0. The smallest absolute Gasteiger partial charge is 0.256 e. The Labute approximate surface area is 145 Å². The molecule has 1 fully saturated rings. The third-order valence-corrected chi connectivity index (χ3v) is 5.07. The Morgan fingerprint density at radius 2 is 1.83 bits per heavy atom. The molecule has 0 radical (unpaired) electrons. The van der Waals surface area contributed by atoms with Crippen LogP contribution in [-0.4, -0.2) is 42.9 Å². The molecular weight excluding hydrogens is 322 g/mol. The molecule has 1 aliphatic heterocycles. The molecule has 5 nitrogen and oxygen atoms in total. The van der Waals surface area contributed by atoms with Crippen LogP contribution in [0.4, 0.5) is 5.00 Å². The van der Waals surface area contributed by atoms with Gasteiger partial charge in [-0.15, -0.1) is 11.3 Å². The summed E-state index contributed by atoms with van der Waals surface area (Å²) in [6.45, 7) is 6.85. The van der Waals surface area contributed by atoms with Gasteiger partial charge >= 0.3 is 0 Å². The van der Waals surface area contributed by atoms with Crippen molar-refractivity contribution in [2.45, 2.75) is 13.8 Å². The largest absolute Gasteiger partial charge is 0.336 e. The monoisotopic (exact) mass is 343 g/mol. The molecule has 24 heavy (non-hydrogen) atoms. The Morgan fingerprint density at radius 3 is 2.54 bits per heavy atom. The maximum atomic E-state index is 12.8. The van der Waals surface area contributed by atoms with Gasteiger partial charge in [-0.05, 0) is 31.5 Å². The fraction of sp³-hybridized carbons (Fsp3) is 0.333. The van der Waals surface area contributed by atoms with Crippen molar-refractivity contribution in [1.82, 2.24) is 10.2 Å². The lowest BCUT2D eigenvalue weighted by molar-refractivity contribution is 0.0737. The molecule has 0 bridgehead atoms. The first-order valence-corrected chi connectivity index (χ1v) is 8.85. The van der Waals surface area contributed by atoms with Gasteiger partial charge in [-0.25, -0.2) is 0 Å². The van der Waals surface area contributed by atoms with Gasteiger partial charge in [0.2, 0.25) is 0 Å². The van der Waals surface area contributed by atoms with Gasteiger partial charge in [-0.3, -0.25) is 9.59 Å². The van der Waals surface area contributed by atoms with Crippen molar-refractivity contribution in [2.24, 2.45) is 0 Å². The van der Waals surface area contributed by atoms with E-state index in [1.807, 2.05) is 43.0 Å². The first kappa shape index (κ1) is 16.7. The van der Waals surface area contributed by atoms with E-state index in [2.05, 4.69) is 10.6 Å². The number of nitrogens with zero attached hydrogens (tertiary/aromatic N) is 1. The summed E-state index contributed by atoms with van der Waals surface area (Å²) in [5, 5.41) is 6.79. The second-order valence-electron chi connectivity index (χ2n) is 5.91. The highest BCUT2D eigenvalue weighted by atomic mass is 32.1. The number of carbonyl (C=O) groups excluding carboxylic acids is 2. The van der Waals surface area contributed by atoms with Crippen LogP contribution in [-0.2, 0) is 0 Å². The van der Waals surface area contributed by atoms with E-state index in [-0.39, 0.29) is 11.8 Å². The molecule has 1 saturated heterocycles. The van der Waals surface area contributed by atoms with Crippen molar-refractivity contribution < 1.29 is 9.59 Å². The van der Waals surface area contributed by atoms with Crippen molar-refractivity contribution >= 4 is 28.2 Å².